The molecule has 1 heterocycles. The number of hydrogen-bond acceptors (Lipinski definition) is 3. The van der Waals surface area contributed by atoms with Crippen LogP contribution in [0.15, 0.2) is 48.5 Å². The quantitative estimate of drug-likeness (QED) is 0.243. The second-order valence-corrected chi connectivity index (χ2v) is 13.5. The van der Waals surface area contributed by atoms with Gasteiger partial charge in [0.05, 0.1) is 0 Å². The minimum atomic E-state index is -0.139. The van der Waals surface area contributed by atoms with Gasteiger partial charge in [0.25, 0.3) is 11.8 Å². The van der Waals surface area contributed by atoms with Crippen molar-refractivity contribution < 1.29 is 9.59 Å². The Bertz CT molecular complexity index is 1470. The van der Waals surface area contributed by atoms with Gasteiger partial charge in [0, 0.05) is 40.7 Å². The Morgan fingerprint density at radius 2 is 1.77 bits per heavy atom. The molecule has 3 atom stereocenters. The van der Waals surface area contributed by atoms with E-state index in [0.29, 0.717) is 29.5 Å². The Balaban J connectivity index is 1.33. The molecule has 1 saturated carbocycles. The molecule has 4 nitrogen and oxygen atoms in total. The van der Waals surface area contributed by atoms with Crippen molar-refractivity contribution >= 4 is 28.3 Å². The van der Waals surface area contributed by atoms with Crippen LogP contribution in [-0.2, 0) is 11.8 Å². The molecule has 0 saturated heterocycles. The van der Waals surface area contributed by atoms with Crippen LogP contribution in [0.4, 0.5) is 5.69 Å². The molecule has 1 N–H and O–H groups in total. The molecule has 4 heteroatoms. The second-order valence-electron chi connectivity index (χ2n) is 13.5. The SMILES string of the molecule is CCCCNc1ccc2c3c(cccc13)C(=O)N(C[C@@]1(C)CCC[C@]3(C)c4ccc(C(C)C)cc4CCC13)C2=O. The number of carbonyl (C=O) groups is 2. The lowest BCUT2D eigenvalue weighted by molar-refractivity contribution is 0.000256. The van der Waals surface area contributed by atoms with Gasteiger partial charge in [-0.25, -0.2) is 0 Å². The first-order chi connectivity index (χ1) is 19.2. The fourth-order valence-electron chi connectivity index (χ4n) is 8.40. The van der Waals surface area contributed by atoms with Crippen LogP contribution in [0.3, 0.4) is 0 Å². The molecule has 3 aliphatic rings. The summed E-state index contributed by atoms with van der Waals surface area (Å²) in [6.07, 6.45) is 7.70. The molecule has 210 valence electrons. The summed E-state index contributed by atoms with van der Waals surface area (Å²) in [5.41, 5.74) is 6.67. The Morgan fingerprint density at radius 3 is 2.52 bits per heavy atom. The van der Waals surface area contributed by atoms with E-state index in [4.69, 9.17) is 0 Å². The van der Waals surface area contributed by atoms with Crippen molar-refractivity contribution in [2.75, 3.05) is 18.4 Å². The van der Waals surface area contributed by atoms with Gasteiger partial charge in [-0.15, -0.1) is 0 Å². The minimum Gasteiger partial charge on any atom is -0.385 e. The number of aryl methyl sites for hydroxylation is 1. The van der Waals surface area contributed by atoms with Crippen LogP contribution in [0, 0.1) is 11.3 Å². The number of rotatable bonds is 7. The van der Waals surface area contributed by atoms with Crippen LogP contribution in [0.5, 0.6) is 0 Å². The predicted octanol–water partition coefficient (Wildman–Crippen LogP) is 8.48. The fraction of sp³-hybridized carbons (Fsp3) is 0.500. The van der Waals surface area contributed by atoms with Crippen molar-refractivity contribution in [2.45, 2.75) is 90.9 Å². The normalized spacial score (nSPS) is 25.8. The summed E-state index contributed by atoms with van der Waals surface area (Å²) < 4.78 is 0. The molecule has 1 unspecified atom stereocenters. The number of hydrogen-bond donors (Lipinski definition) is 1. The zero-order chi connectivity index (χ0) is 28.2. The Kier molecular flexibility index (Phi) is 6.79. The molecule has 0 radical (unpaired) electrons. The Labute approximate surface area is 239 Å². The zero-order valence-electron chi connectivity index (χ0n) is 24.9. The lowest BCUT2D eigenvalue weighted by Gasteiger charge is -2.56. The first kappa shape index (κ1) is 27.1. The summed E-state index contributed by atoms with van der Waals surface area (Å²) in [6, 6.07) is 17.0. The first-order valence-corrected chi connectivity index (χ1v) is 15.5. The molecule has 3 aromatic carbocycles. The number of benzene rings is 3. The summed E-state index contributed by atoms with van der Waals surface area (Å²) in [6.45, 7) is 12.9. The number of anilines is 1. The largest absolute Gasteiger partial charge is 0.385 e. The lowest BCUT2D eigenvalue weighted by atomic mass is 9.49. The van der Waals surface area contributed by atoms with E-state index in [2.05, 4.69) is 58.1 Å². The number of nitrogens with one attached hydrogen (secondary N) is 1. The third-order valence-electron chi connectivity index (χ3n) is 10.5. The monoisotopic (exact) mass is 536 g/mol. The second kappa shape index (κ2) is 10.0. The van der Waals surface area contributed by atoms with Gasteiger partial charge >= 0.3 is 0 Å². The average molecular weight is 537 g/mol. The number of amides is 2. The highest BCUT2D eigenvalue weighted by molar-refractivity contribution is 6.26. The van der Waals surface area contributed by atoms with E-state index in [0.717, 1.165) is 61.5 Å². The minimum absolute atomic E-state index is 0.0644. The molecule has 40 heavy (non-hydrogen) atoms. The van der Waals surface area contributed by atoms with E-state index in [1.165, 1.54) is 23.1 Å². The summed E-state index contributed by atoms with van der Waals surface area (Å²) in [5, 5.41) is 5.29. The summed E-state index contributed by atoms with van der Waals surface area (Å²) in [4.78, 5) is 29.6. The van der Waals surface area contributed by atoms with Crippen LogP contribution in [-0.4, -0.2) is 29.8 Å². The van der Waals surface area contributed by atoms with Gasteiger partial charge in [-0.2, -0.15) is 0 Å². The Morgan fingerprint density at radius 1 is 1.00 bits per heavy atom. The summed E-state index contributed by atoms with van der Waals surface area (Å²) >= 11 is 0. The fourth-order valence-corrected chi connectivity index (χ4v) is 8.40. The number of carbonyl (C=O) groups excluding carboxylic acids is 2. The number of imide groups is 1. The van der Waals surface area contributed by atoms with Crippen molar-refractivity contribution in [3.05, 3.63) is 76.3 Å². The highest BCUT2D eigenvalue weighted by Gasteiger charge is 2.53. The highest BCUT2D eigenvalue weighted by Crippen LogP contribution is 2.58. The van der Waals surface area contributed by atoms with E-state index < -0.39 is 0 Å². The standard InChI is InChI=1S/C36H44N2O2/c1-6-7-20-37-30-16-14-28-32-26(30)10-8-11-27(32)33(39)38(34(28)40)22-35(4)18-9-19-36(5)29-15-12-24(23(2)3)21-25(29)13-17-31(35)36/h8,10-12,14-16,21,23,31,37H,6-7,9,13,17-20,22H2,1-5H3/t31?,35-,36-/m1/s1. The third-order valence-corrected chi connectivity index (χ3v) is 10.5. The van der Waals surface area contributed by atoms with E-state index in [-0.39, 0.29) is 22.6 Å². The van der Waals surface area contributed by atoms with E-state index in [1.54, 1.807) is 4.90 Å². The number of unbranched alkanes of at least 4 members (excludes halogenated alkanes) is 1. The van der Waals surface area contributed by atoms with Crippen LogP contribution < -0.4 is 5.32 Å². The topological polar surface area (TPSA) is 49.4 Å². The van der Waals surface area contributed by atoms with E-state index in [1.807, 2.05) is 30.3 Å². The van der Waals surface area contributed by atoms with Gasteiger partial charge in [-0.1, -0.05) is 77.8 Å². The number of fused-ring (bicyclic) bond motifs is 3. The molecular formula is C36H44N2O2. The molecule has 2 aliphatic carbocycles. The van der Waals surface area contributed by atoms with Gasteiger partial charge in [0.1, 0.15) is 0 Å². The van der Waals surface area contributed by atoms with Gasteiger partial charge in [-0.05, 0) is 89.7 Å². The molecule has 2 amide bonds. The average Bonchev–Trinajstić information content (AvgIpc) is 2.94. The first-order valence-electron chi connectivity index (χ1n) is 15.5. The van der Waals surface area contributed by atoms with Crippen molar-refractivity contribution in [2.24, 2.45) is 11.3 Å². The predicted molar refractivity (Wildman–Crippen MR) is 164 cm³/mol. The van der Waals surface area contributed by atoms with Gasteiger partial charge in [0.15, 0.2) is 0 Å². The summed E-state index contributed by atoms with van der Waals surface area (Å²) in [7, 11) is 0. The van der Waals surface area contributed by atoms with Gasteiger partial charge < -0.3 is 5.32 Å². The van der Waals surface area contributed by atoms with Gasteiger partial charge in [-0.3, -0.25) is 14.5 Å². The van der Waals surface area contributed by atoms with Crippen molar-refractivity contribution in [3.8, 4) is 0 Å². The van der Waals surface area contributed by atoms with Crippen molar-refractivity contribution in [1.82, 2.24) is 4.90 Å². The molecule has 0 spiro atoms. The maximum absolute atomic E-state index is 14.0. The van der Waals surface area contributed by atoms with Crippen LogP contribution in [0.2, 0.25) is 0 Å². The number of nitrogens with zero attached hydrogens (tertiary/aromatic N) is 1. The lowest BCUT2D eigenvalue weighted by Crippen LogP contribution is -2.55. The summed E-state index contributed by atoms with van der Waals surface area (Å²) in [5.74, 6) is 0.674. The molecular weight excluding hydrogens is 492 g/mol. The maximum Gasteiger partial charge on any atom is 0.261 e. The smallest absolute Gasteiger partial charge is 0.261 e. The van der Waals surface area contributed by atoms with Crippen LogP contribution in [0.1, 0.15) is 116 Å². The molecule has 0 bridgehead atoms. The van der Waals surface area contributed by atoms with Crippen LogP contribution in [0.25, 0.3) is 10.8 Å². The van der Waals surface area contributed by atoms with E-state index in [9.17, 15) is 9.59 Å². The van der Waals surface area contributed by atoms with Gasteiger partial charge in [0.2, 0.25) is 0 Å². The maximum atomic E-state index is 14.0. The highest BCUT2D eigenvalue weighted by atomic mass is 16.2. The molecule has 1 aliphatic heterocycles. The Hall–Kier alpha value is -3.14. The molecule has 0 aromatic heterocycles. The molecule has 6 rings (SSSR count). The zero-order valence-corrected chi connectivity index (χ0v) is 24.9. The van der Waals surface area contributed by atoms with Crippen molar-refractivity contribution in [1.29, 1.82) is 0 Å². The van der Waals surface area contributed by atoms with Crippen molar-refractivity contribution in [3.63, 3.8) is 0 Å². The van der Waals surface area contributed by atoms with Crippen LogP contribution >= 0.6 is 0 Å². The molecule has 3 aromatic rings. The molecule has 1 fully saturated rings. The van der Waals surface area contributed by atoms with E-state index >= 15 is 0 Å². The third kappa shape index (κ3) is 4.17.